The molecule has 4 heteroatoms. The highest BCUT2D eigenvalue weighted by Crippen LogP contribution is 2.34. The van der Waals surface area contributed by atoms with Crippen molar-refractivity contribution < 1.29 is 9.53 Å². The van der Waals surface area contributed by atoms with E-state index in [-0.39, 0.29) is 17.4 Å². The second-order valence-corrected chi connectivity index (χ2v) is 7.74. The van der Waals surface area contributed by atoms with E-state index >= 15 is 0 Å². The van der Waals surface area contributed by atoms with Gasteiger partial charge in [-0.1, -0.05) is 43.2 Å². The molecule has 3 atom stereocenters. The molecule has 4 nitrogen and oxygen atoms in total. The Balaban J connectivity index is 1.45. The van der Waals surface area contributed by atoms with E-state index in [1.807, 2.05) is 30.0 Å². The highest BCUT2D eigenvalue weighted by atomic mass is 16.5. The first-order valence-electron chi connectivity index (χ1n) is 9.25. The first-order chi connectivity index (χ1) is 11.6. The van der Waals surface area contributed by atoms with Crippen molar-refractivity contribution in [3.63, 3.8) is 0 Å². The number of hydrogen-bond acceptors (Lipinski definition) is 3. The number of ether oxygens (including phenoxy) is 1. The maximum atomic E-state index is 12.9. The predicted molar refractivity (Wildman–Crippen MR) is 95.3 cm³/mol. The van der Waals surface area contributed by atoms with Gasteiger partial charge in [0, 0.05) is 24.5 Å². The topological polar surface area (TPSA) is 55.6 Å². The first kappa shape index (κ1) is 17.4. The Morgan fingerprint density at radius 1 is 1.29 bits per heavy atom. The van der Waals surface area contributed by atoms with E-state index in [9.17, 15) is 4.79 Å². The van der Waals surface area contributed by atoms with Crippen LogP contribution in [-0.4, -0.2) is 36.0 Å². The van der Waals surface area contributed by atoms with E-state index in [0.29, 0.717) is 12.5 Å². The molecule has 1 heterocycles. The molecule has 1 aromatic rings. The molecule has 1 aromatic carbocycles. The van der Waals surface area contributed by atoms with E-state index in [1.54, 1.807) is 0 Å². The fraction of sp³-hybridized carbons (Fsp3) is 0.650. The summed E-state index contributed by atoms with van der Waals surface area (Å²) in [6, 6.07) is 10.2. The summed E-state index contributed by atoms with van der Waals surface area (Å²) in [6.07, 6.45) is 5.21. The second-order valence-electron chi connectivity index (χ2n) is 7.74. The number of nitrogens with two attached hydrogens (primary N) is 1. The van der Waals surface area contributed by atoms with Crippen LogP contribution in [0, 0.1) is 11.8 Å². The zero-order valence-electron chi connectivity index (χ0n) is 14.7. The Morgan fingerprint density at radius 3 is 2.83 bits per heavy atom. The third-order valence-corrected chi connectivity index (χ3v) is 5.62. The van der Waals surface area contributed by atoms with Crippen LogP contribution in [0.25, 0.3) is 0 Å². The van der Waals surface area contributed by atoms with Crippen molar-refractivity contribution in [1.82, 2.24) is 4.90 Å². The molecule has 0 aromatic heterocycles. The third-order valence-electron chi connectivity index (χ3n) is 5.62. The van der Waals surface area contributed by atoms with Gasteiger partial charge in [0.05, 0.1) is 19.1 Å². The van der Waals surface area contributed by atoms with Gasteiger partial charge in [0.2, 0.25) is 5.91 Å². The minimum atomic E-state index is -0.336. The number of hydrogen-bond donors (Lipinski definition) is 1. The zero-order chi connectivity index (χ0) is 17.0. The molecule has 132 valence electrons. The lowest BCUT2D eigenvalue weighted by Crippen LogP contribution is -2.53. The quantitative estimate of drug-likeness (QED) is 0.903. The maximum Gasteiger partial charge on any atom is 0.227 e. The summed E-state index contributed by atoms with van der Waals surface area (Å²) in [7, 11) is 0. The highest BCUT2D eigenvalue weighted by molar-refractivity contribution is 5.80. The molecule has 1 aliphatic heterocycles. The molecule has 2 N–H and O–H groups in total. The number of amides is 1. The Labute approximate surface area is 145 Å². The molecule has 0 bridgehead atoms. The number of carbonyl (C=O) groups is 1. The van der Waals surface area contributed by atoms with Crippen molar-refractivity contribution in [2.24, 2.45) is 17.6 Å². The number of carbonyl (C=O) groups excluding carboxylic acids is 1. The summed E-state index contributed by atoms with van der Waals surface area (Å²) in [6.45, 7) is 5.09. The SMILES string of the molecule is CC1(N)CCCCC1C(=O)N1CCC(COCc2ccccc2)C1. The number of rotatable bonds is 5. The van der Waals surface area contributed by atoms with Crippen molar-refractivity contribution in [3.8, 4) is 0 Å². The second kappa shape index (κ2) is 7.66. The molecular weight excluding hydrogens is 300 g/mol. The van der Waals surface area contributed by atoms with Gasteiger partial charge < -0.3 is 15.4 Å². The maximum absolute atomic E-state index is 12.9. The first-order valence-corrected chi connectivity index (χ1v) is 9.25. The van der Waals surface area contributed by atoms with Gasteiger partial charge >= 0.3 is 0 Å². The highest BCUT2D eigenvalue weighted by Gasteiger charge is 2.41. The minimum Gasteiger partial charge on any atom is -0.376 e. The van der Waals surface area contributed by atoms with Gasteiger partial charge in [0.15, 0.2) is 0 Å². The van der Waals surface area contributed by atoms with Crippen LogP contribution < -0.4 is 5.73 Å². The smallest absolute Gasteiger partial charge is 0.227 e. The lowest BCUT2D eigenvalue weighted by Gasteiger charge is -2.39. The molecule has 0 radical (unpaired) electrons. The van der Waals surface area contributed by atoms with Crippen LogP contribution in [0.15, 0.2) is 30.3 Å². The fourth-order valence-electron chi connectivity index (χ4n) is 4.07. The normalized spacial score (nSPS) is 30.5. The van der Waals surface area contributed by atoms with Gasteiger partial charge in [0.1, 0.15) is 0 Å². The summed E-state index contributed by atoms with van der Waals surface area (Å²) >= 11 is 0. The average molecular weight is 330 g/mol. The predicted octanol–water partition coefficient (Wildman–Crippen LogP) is 2.96. The van der Waals surface area contributed by atoms with Gasteiger partial charge in [-0.25, -0.2) is 0 Å². The van der Waals surface area contributed by atoms with Crippen molar-refractivity contribution in [2.75, 3.05) is 19.7 Å². The van der Waals surface area contributed by atoms with E-state index in [2.05, 4.69) is 12.1 Å². The lowest BCUT2D eigenvalue weighted by molar-refractivity contribution is -0.138. The Hall–Kier alpha value is -1.39. The number of likely N-dealkylation sites (tertiary alicyclic amines) is 1. The van der Waals surface area contributed by atoms with E-state index in [0.717, 1.165) is 51.8 Å². The molecular formula is C20H30N2O2. The molecule has 3 rings (SSSR count). The van der Waals surface area contributed by atoms with Gasteiger partial charge in [-0.3, -0.25) is 4.79 Å². The monoisotopic (exact) mass is 330 g/mol. The van der Waals surface area contributed by atoms with Crippen LogP contribution in [0.1, 0.15) is 44.6 Å². The summed E-state index contributed by atoms with van der Waals surface area (Å²) in [5, 5.41) is 0. The standard InChI is InChI=1S/C20H30N2O2/c1-20(21)11-6-5-9-18(20)19(23)22-12-10-17(13-22)15-24-14-16-7-3-2-4-8-16/h2-4,7-8,17-18H,5-6,9-15,21H2,1H3. The van der Waals surface area contributed by atoms with Crippen molar-refractivity contribution in [1.29, 1.82) is 0 Å². The largest absolute Gasteiger partial charge is 0.376 e. The zero-order valence-corrected chi connectivity index (χ0v) is 14.7. The third kappa shape index (κ3) is 4.17. The van der Waals surface area contributed by atoms with Crippen molar-refractivity contribution >= 4 is 5.91 Å². The van der Waals surface area contributed by atoms with Crippen LogP contribution in [0.5, 0.6) is 0 Å². The Morgan fingerprint density at radius 2 is 2.08 bits per heavy atom. The van der Waals surface area contributed by atoms with Crippen LogP contribution in [-0.2, 0) is 16.1 Å². The summed E-state index contributed by atoms with van der Waals surface area (Å²) in [4.78, 5) is 14.9. The molecule has 0 spiro atoms. The Bertz CT molecular complexity index is 544. The number of benzene rings is 1. The summed E-state index contributed by atoms with van der Waals surface area (Å²) in [5.41, 5.74) is 7.26. The molecule has 2 fully saturated rings. The molecule has 3 unspecified atom stereocenters. The summed E-state index contributed by atoms with van der Waals surface area (Å²) in [5.74, 6) is 0.714. The van der Waals surface area contributed by atoms with Crippen LogP contribution in [0.4, 0.5) is 0 Å². The van der Waals surface area contributed by atoms with Gasteiger partial charge in [0.25, 0.3) is 0 Å². The summed E-state index contributed by atoms with van der Waals surface area (Å²) < 4.78 is 5.86. The van der Waals surface area contributed by atoms with E-state index in [1.165, 1.54) is 5.56 Å². The van der Waals surface area contributed by atoms with Crippen LogP contribution in [0.3, 0.4) is 0 Å². The van der Waals surface area contributed by atoms with Crippen LogP contribution >= 0.6 is 0 Å². The molecule has 1 amide bonds. The van der Waals surface area contributed by atoms with Crippen molar-refractivity contribution in [2.45, 2.75) is 51.2 Å². The van der Waals surface area contributed by atoms with Gasteiger partial charge in [-0.2, -0.15) is 0 Å². The fourth-order valence-corrected chi connectivity index (χ4v) is 4.07. The Kier molecular flexibility index (Phi) is 5.57. The molecule has 1 saturated carbocycles. The minimum absolute atomic E-state index is 0.00441. The van der Waals surface area contributed by atoms with E-state index in [4.69, 9.17) is 10.5 Å². The molecule has 24 heavy (non-hydrogen) atoms. The molecule has 1 saturated heterocycles. The number of nitrogens with zero attached hydrogens (tertiary/aromatic N) is 1. The van der Waals surface area contributed by atoms with E-state index < -0.39 is 0 Å². The van der Waals surface area contributed by atoms with Crippen molar-refractivity contribution in [3.05, 3.63) is 35.9 Å². The molecule has 1 aliphatic carbocycles. The van der Waals surface area contributed by atoms with Gasteiger partial charge in [-0.15, -0.1) is 0 Å². The lowest BCUT2D eigenvalue weighted by atomic mass is 9.74. The average Bonchev–Trinajstić information content (AvgIpc) is 3.04. The van der Waals surface area contributed by atoms with Crippen LogP contribution in [0.2, 0.25) is 0 Å². The van der Waals surface area contributed by atoms with Gasteiger partial charge in [-0.05, 0) is 31.7 Å². The molecule has 2 aliphatic rings.